The molecule has 1 aromatic carbocycles. The van der Waals surface area contributed by atoms with Gasteiger partial charge >= 0.3 is 0 Å². The number of ketones is 1. The van der Waals surface area contributed by atoms with E-state index in [-0.39, 0.29) is 11.3 Å². The van der Waals surface area contributed by atoms with E-state index in [0.29, 0.717) is 30.1 Å². The van der Waals surface area contributed by atoms with Gasteiger partial charge in [0.25, 0.3) is 11.7 Å². The van der Waals surface area contributed by atoms with Gasteiger partial charge < -0.3 is 14.9 Å². The number of aryl methyl sites for hydroxylation is 2. The van der Waals surface area contributed by atoms with Gasteiger partial charge in [0, 0.05) is 23.8 Å². The molecule has 7 nitrogen and oxygen atoms in total. The fourth-order valence-electron chi connectivity index (χ4n) is 4.17. The number of halogens is 1. The first-order chi connectivity index (χ1) is 15.2. The Balaban J connectivity index is 1.95. The Morgan fingerprint density at radius 1 is 1.19 bits per heavy atom. The average Bonchev–Trinajstić information content (AvgIpc) is 3.21. The van der Waals surface area contributed by atoms with Crippen LogP contribution in [0.15, 0.2) is 52.6 Å². The number of Topliss-reactive ketones (excluding diaryl/α,β-unsaturated/α-hetero) is 1. The summed E-state index contributed by atoms with van der Waals surface area (Å²) in [4.78, 5) is 34.3. The van der Waals surface area contributed by atoms with Gasteiger partial charge in [-0.15, -0.1) is 0 Å². The van der Waals surface area contributed by atoms with Crippen molar-refractivity contribution in [2.24, 2.45) is 0 Å². The Morgan fingerprint density at radius 2 is 1.94 bits per heavy atom. The summed E-state index contributed by atoms with van der Waals surface area (Å²) in [6.45, 7) is 4.67. The second-order valence-electron chi connectivity index (χ2n) is 8.28. The van der Waals surface area contributed by atoms with Crippen LogP contribution in [0.25, 0.3) is 11.4 Å². The summed E-state index contributed by atoms with van der Waals surface area (Å²) in [5.74, 6) is -1.51. The summed E-state index contributed by atoms with van der Waals surface area (Å²) in [6, 6.07) is 10.6. The number of hydrogen-bond acceptors (Lipinski definition) is 5. The lowest BCUT2D eigenvalue weighted by Crippen LogP contribution is -2.35. The van der Waals surface area contributed by atoms with Crippen LogP contribution in [0, 0.1) is 13.8 Å². The number of aromatic nitrogens is 2. The molecule has 1 atom stereocenters. The Kier molecular flexibility index (Phi) is 5.92. The van der Waals surface area contributed by atoms with Crippen LogP contribution in [0.2, 0.25) is 0 Å². The topological polar surface area (TPSA) is 78.1 Å². The highest BCUT2D eigenvalue weighted by Gasteiger charge is 2.46. The largest absolute Gasteiger partial charge is 0.505 e. The van der Waals surface area contributed by atoms with Gasteiger partial charge in [-0.1, -0.05) is 34.1 Å². The number of aliphatic hydroxyl groups is 1. The van der Waals surface area contributed by atoms with Crippen LogP contribution < -0.4 is 0 Å². The van der Waals surface area contributed by atoms with Gasteiger partial charge in [-0.2, -0.15) is 0 Å². The van der Waals surface area contributed by atoms with Crippen molar-refractivity contribution in [3.05, 3.63) is 75.2 Å². The molecular formula is C24H25BrN4O3. The van der Waals surface area contributed by atoms with E-state index in [1.54, 1.807) is 22.4 Å². The molecule has 4 rings (SSSR count). The monoisotopic (exact) mass is 496 g/mol. The van der Waals surface area contributed by atoms with Crippen LogP contribution in [0.1, 0.15) is 28.6 Å². The number of nitrogens with zero attached hydrogens (tertiary/aromatic N) is 4. The highest BCUT2D eigenvalue weighted by Crippen LogP contribution is 2.40. The highest BCUT2D eigenvalue weighted by atomic mass is 79.9. The number of likely N-dealkylation sites (tertiary alicyclic amines) is 1. The molecule has 0 unspecified atom stereocenters. The summed E-state index contributed by atoms with van der Waals surface area (Å²) in [5, 5.41) is 11.5. The van der Waals surface area contributed by atoms with Crippen molar-refractivity contribution in [1.29, 1.82) is 0 Å². The lowest BCUT2D eigenvalue weighted by Gasteiger charge is -2.26. The fourth-order valence-corrected chi connectivity index (χ4v) is 4.59. The second-order valence-corrected chi connectivity index (χ2v) is 9.20. The molecule has 166 valence electrons. The van der Waals surface area contributed by atoms with Crippen LogP contribution in [0.4, 0.5) is 0 Å². The minimum Gasteiger partial charge on any atom is -0.505 e. The first-order valence-electron chi connectivity index (χ1n) is 10.3. The van der Waals surface area contributed by atoms with Crippen molar-refractivity contribution < 1.29 is 14.7 Å². The van der Waals surface area contributed by atoms with Gasteiger partial charge in [0.15, 0.2) is 5.76 Å². The predicted octanol–water partition coefficient (Wildman–Crippen LogP) is 3.70. The summed E-state index contributed by atoms with van der Waals surface area (Å²) < 4.78 is 2.60. The van der Waals surface area contributed by atoms with Gasteiger partial charge in [-0.3, -0.25) is 14.0 Å². The first-order valence-corrected chi connectivity index (χ1v) is 11.1. The zero-order valence-corrected chi connectivity index (χ0v) is 20.0. The highest BCUT2D eigenvalue weighted by molar-refractivity contribution is 9.10. The molecular weight excluding hydrogens is 472 g/mol. The molecule has 1 aliphatic rings. The van der Waals surface area contributed by atoms with E-state index in [4.69, 9.17) is 0 Å². The molecule has 0 aliphatic carbocycles. The van der Waals surface area contributed by atoms with Crippen LogP contribution in [-0.2, 0) is 9.59 Å². The molecule has 0 saturated carbocycles. The van der Waals surface area contributed by atoms with E-state index in [1.165, 1.54) is 0 Å². The maximum atomic E-state index is 13.2. The molecule has 1 fully saturated rings. The molecule has 1 amide bonds. The average molecular weight is 497 g/mol. The first kappa shape index (κ1) is 22.2. The van der Waals surface area contributed by atoms with E-state index >= 15 is 0 Å². The smallest absolute Gasteiger partial charge is 0.295 e. The molecule has 2 aromatic heterocycles. The van der Waals surface area contributed by atoms with Crippen molar-refractivity contribution in [3.8, 4) is 0 Å². The maximum Gasteiger partial charge on any atom is 0.295 e. The number of rotatable bonds is 5. The molecule has 0 radical (unpaired) electrons. The van der Waals surface area contributed by atoms with Gasteiger partial charge in [0.1, 0.15) is 11.3 Å². The van der Waals surface area contributed by atoms with E-state index in [1.807, 2.05) is 62.3 Å². The second kappa shape index (κ2) is 8.52. The third-order valence-corrected chi connectivity index (χ3v) is 6.23. The van der Waals surface area contributed by atoms with Crippen LogP contribution in [0.3, 0.4) is 0 Å². The molecule has 1 saturated heterocycles. The predicted molar refractivity (Wildman–Crippen MR) is 126 cm³/mol. The molecule has 0 bridgehead atoms. The normalized spacial score (nSPS) is 18.3. The van der Waals surface area contributed by atoms with E-state index in [9.17, 15) is 14.7 Å². The Labute approximate surface area is 195 Å². The molecule has 1 aliphatic heterocycles. The number of hydrogen-bond donors (Lipinski definition) is 1. The third-order valence-electron chi connectivity index (χ3n) is 5.74. The number of imidazole rings is 1. The zero-order valence-electron chi connectivity index (χ0n) is 18.5. The fraction of sp³-hybridized carbons (Fsp3) is 0.292. The van der Waals surface area contributed by atoms with Crippen molar-refractivity contribution >= 4 is 39.0 Å². The molecule has 32 heavy (non-hydrogen) atoms. The lowest BCUT2D eigenvalue weighted by molar-refractivity contribution is -0.140. The van der Waals surface area contributed by atoms with Gasteiger partial charge in [-0.05, 0) is 57.3 Å². The van der Waals surface area contributed by atoms with E-state index in [0.717, 1.165) is 15.6 Å². The Hall–Kier alpha value is -2.97. The standard InChI is InChI=1S/C24H25BrN4O3/c1-14-7-6-10-28-19(15(2)26-23(14)28)21(30)18-20(16-8-5-9-17(25)13-16)29(12-11-27(3)4)24(32)22(18)31/h5-10,13,20,30H,11-12H2,1-4H3/b21-18+/t20-/m1/s1. The summed E-state index contributed by atoms with van der Waals surface area (Å²) in [7, 11) is 3.82. The lowest BCUT2D eigenvalue weighted by atomic mass is 9.96. The number of aliphatic hydroxyl groups excluding tert-OH is 1. The molecule has 3 aromatic rings. The summed E-state index contributed by atoms with van der Waals surface area (Å²) in [6.07, 6.45) is 1.80. The molecule has 3 heterocycles. The van der Waals surface area contributed by atoms with Crippen LogP contribution >= 0.6 is 15.9 Å². The van der Waals surface area contributed by atoms with Crippen molar-refractivity contribution in [3.63, 3.8) is 0 Å². The quantitative estimate of drug-likeness (QED) is 0.331. The van der Waals surface area contributed by atoms with Crippen molar-refractivity contribution in [2.75, 3.05) is 27.2 Å². The SMILES string of the molecule is Cc1nc2c(C)cccn2c1/C(O)=C1\C(=O)C(=O)N(CCN(C)C)[C@@H]1c1cccc(Br)c1. The maximum absolute atomic E-state index is 13.2. The van der Waals surface area contributed by atoms with Gasteiger partial charge in [0.2, 0.25) is 0 Å². The van der Waals surface area contributed by atoms with E-state index < -0.39 is 17.7 Å². The molecule has 8 heteroatoms. The number of pyridine rings is 1. The molecule has 1 N–H and O–H groups in total. The van der Waals surface area contributed by atoms with Crippen molar-refractivity contribution in [1.82, 2.24) is 19.2 Å². The third kappa shape index (κ3) is 3.73. The number of carbonyl (C=O) groups excluding carboxylic acids is 2. The molecule has 0 spiro atoms. The Morgan fingerprint density at radius 3 is 2.62 bits per heavy atom. The van der Waals surface area contributed by atoms with Crippen molar-refractivity contribution in [2.45, 2.75) is 19.9 Å². The minimum absolute atomic E-state index is 0.0817. The number of fused-ring (bicyclic) bond motifs is 1. The van der Waals surface area contributed by atoms with Gasteiger partial charge in [-0.25, -0.2) is 4.98 Å². The van der Waals surface area contributed by atoms with Crippen LogP contribution in [-0.4, -0.2) is 63.2 Å². The number of likely N-dealkylation sites (N-methyl/N-ethyl adjacent to an activating group) is 1. The van der Waals surface area contributed by atoms with Gasteiger partial charge in [0.05, 0.1) is 17.3 Å². The number of amides is 1. The number of benzene rings is 1. The summed E-state index contributed by atoms with van der Waals surface area (Å²) in [5.41, 5.74) is 3.50. The minimum atomic E-state index is -0.692. The number of carbonyl (C=O) groups is 2. The van der Waals surface area contributed by atoms with Crippen LogP contribution in [0.5, 0.6) is 0 Å². The Bertz CT molecular complexity index is 1260. The summed E-state index contributed by atoms with van der Waals surface area (Å²) >= 11 is 3.48. The van der Waals surface area contributed by atoms with E-state index in [2.05, 4.69) is 20.9 Å². The zero-order chi connectivity index (χ0) is 23.2.